The second-order valence-corrected chi connectivity index (χ2v) is 16.5. The number of furan rings is 1. The van der Waals surface area contributed by atoms with Gasteiger partial charge in [0, 0.05) is 32.9 Å². The van der Waals surface area contributed by atoms with Crippen molar-refractivity contribution in [2.24, 2.45) is 0 Å². The van der Waals surface area contributed by atoms with Crippen LogP contribution in [0.5, 0.6) is 0 Å². The minimum Gasteiger partial charge on any atom is -0.455 e. The summed E-state index contributed by atoms with van der Waals surface area (Å²) in [6, 6.07) is 83.6. The monoisotopic (exact) mass is 802 g/mol. The van der Waals surface area contributed by atoms with Crippen LogP contribution in [0.3, 0.4) is 0 Å². The maximum Gasteiger partial charge on any atom is 0.143 e. The SMILES string of the molecule is c1ccc(-c2cc(-c3ccc(N(c4cccc5oc6c7ccccc7ccc6c45)c4cccc5c4c4ccccc4n5-c4ccc5ccccc5c4)cc3)c3ccccc3c2)cc1. The predicted octanol–water partition coefficient (Wildman–Crippen LogP) is 16.9. The second-order valence-electron chi connectivity index (χ2n) is 16.5. The Bertz CT molecular complexity index is 3910. The quantitative estimate of drug-likeness (QED) is 0.167. The molecule has 294 valence electrons. The molecule has 3 nitrogen and oxygen atoms in total. The number of aromatic nitrogens is 1. The van der Waals surface area contributed by atoms with E-state index >= 15 is 0 Å². The number of benzene rings is 11. The molecule has 0 N–H and O–H groups in total. The molecule has 13 rings (SSSR count). The summed E-state index contributed by atoms with van der Waals surface area (Å²) in [6.07, 6.45) is 0. The van der Waals surface area contributed by atoms with E-state index < -0.39 is 0 Å². The van der Waals surface area contributed by atoms with Gasteiger partial charge >= 0.3 is 0 Å². The molecule has 3 heteroatoms. The minimum atomic E-state index is 0.857. The van der Waals surface area contributed by atoms with Gasteiger partial charge in [0.15, 0.2) is 0 Å². The van der Waals surface area contributed by atoms with E-state index in [9.17, 15) is 0 Å². The third kappa shape index (κ3) is 5.60. The molecule has 0 aliphatic rings. The van der Waals surface area contributed by atoms with Gasteiger partial charge in [-0.25, -0.2) is 0 Å². The molecule has 0 unspecified atom stereocenters. The Hall–Kier alpha value is -8.40. The minimum absolute atomic E-state index is 0.857. The van der Waals surface area contributed by atoms with Gasteiger partial charge in [-0.2, -0.15) is 0 Å². The lowest BCUT2D eigenvalue weighted by atomic mass is 9.93. The molecule has 0 aliphatic heterocycles. The van der Waals surface area contributed by atoms with Crippen molar-refractivity contribution in [3.63, 3.8) is 0 Å². The molecule has 13 aromatic rings. The average molecular weight is 803 g/mol. The van der Waals surface area contributed by atoms with E-state index in [0.717, 1.165) is 72.1 Å². The first kappa shape index (κ1) is 35.4. The van der Waals surface area contributed by atoms with Crippen LogP contribution >= 0.6 is 0 Å². The molecule has 0 fully saturated rings. The van der Waals surface area contributed by atoms with E-state index in [-0.39, 0.29) is 0 Å². The highest BCUT2D eigenvalue weighted by atomic mass is 16.3. The Morgan fingerprint density at radius 1 is 0.349 bits per heavy atom. The van der Waals surface area contributed by atoms with E-state index in [4.69, 9.17) is 4.42 Å². The van der Waals surface area contributed by atoms with Crippen LogP contribution in [0, 0.1) is 0 Å². The third-order valence-electron chi connectivity index (χ3n) is 12.9. The van der Waals surface area contributed by atoms with Gasteiger partial charge in [0.25, 0.3) is 0 Å². The molecule has 0 amide bonds. The van der Waals surface area contributed by atoms with Crippen molar-refractivity contribution in [2.75, 3.05) is 4.90 Å². The van der Waals surface area contributed by atoms with E-state index in [1.54, 1.807) is 0 Å². The first-order valence-electron chi connectivity index (χ1n) is 21.6. The van der Waals surface area contributed by atoms with Crippen LogP contribution in [-0.4, -0.2) is 4.57 Å². The summed E-state index contributed by atoms with van der Waals surface area (Å²) in [7, 11) is 0. The second kappa shape index (κ2) is 14.1. The van der Waals surface area contributed by atoms with E-state index in [1.807, 2.05) is 0 Å². The maximum atomic E-state index is 6.82. The summed E-state index contributed by atoms with van der Waals surface area (Å²) in [5, 5.41) is 11.7. The lowest BCUT2D eigenvalue weighted by Gasteiger charge is -2.27. The number of fused-ring (bicyclic) bond motifs is 10. The number of hydrogen-bond donors (Lipinski definition) is 0. The highest BCUT2D eigenvalue weighted by Crippen LogP contribution is 2.48. The molecule has 0 radical (unpaired) electrons. The van der Waals surface area contributed by atoms with Crippen LogP contribution in [0.25, 0.3) is 104 Å². The largest absolute Gasteiger partial charge is 0.455 e. The van der Waals surface area contributed by atoms with Gasteiger partial charge < -0.3 is 13.9 Å². The Kier molecular flexibility index (Phi) is 7.91. The summed E-state index contributed by atoms with van der Waals surface area (Å²) in [5.74, 6) is 0. The molecular formula is C60H38N2O. The molecule has 63 heavy (non-hydrogen) atoms. The molecule has 11 aromatic carbocycles. The zero-order valence-electron chi connectivity index (χ0n) is 34.2. The van der Waals surface area contributed by atoms with Gasteiger partial charge in [0.2, 0.25) is 0 Å². The number of nitrogens with zero attached hydrogens (tertiary/aromatic N) is 2. The molecule has 0 atom stereocenters. The smallest absolute Gasteiger partial charge is 0.143 e. The van der Waals surface area contributed by atoms with E-state index in [0.29, 0.717) is 0 Å². The lowest BCUT2D eigenvalue weighted by molar-refractivity contribution is 0.672. The van der Waals surface area contributed by atoms with Crippen molar-refractivity contribution in [2.45, 2.75) is 0 Å². The summed E-state index contributed by atoms with van der Waals surface area (Å²) >= 11 is 0. The van der Waals surface area contributed by atoms with Crippen molar-refractivity contribution >= 4 is 93.1 Å². The summed E-state index contributed by atoms with van der Waals surface area (Å²) in [4.78, 5) is 2.45. The Morgan fingerprint density at radius 3 is 1.84 bits per heavy atom. The number of para-hydroxylation sites is 1. The van der Waals surface area contributed by atoms with Crippen molar-refractivity contribution in [1.82, 2.24) is 4.57 Å². The molecule has 0 saturated heterocycles. The van der Waals surface area contributed by atoms with Crippen LogP contribution in [0.1, 0.15) is 0 Å². The summed E-state index contributed by atoms with van der Waals surface area (Å²) in [6.45, 7) is 0. The van der Waals surface area contributed by atoms with Crippen LogP contribution in [0.2, 0.25) is 0 Å². The fourth-order valence-corrected chi connectivity index (χ4v) is 10.0. The first-order valence-corrected chi connectivity index (χ1v) is 21.6. The van der Waals surface area contributed by atoms with Crippen molar-refractivity contribution in [3.05, 3.63) is 231 Å². The van der Waals surface area contributed by atoms with Crippen LogP contribution in [0.4, 0.5) is 17.1 Å². The fraction of sp³-hybridized carbons (Fsp3) is 0. The molecular weight excluding hydrogens is 765 g/mol. The topological polar surface area (TPSA) is 21.3 Å². The standard InChI is InChI=1S/C60H38N2O/c1-2-14-39(15-3-1)45-36-44-19-7-8-20-48(44)52(38-45)42-29-32-46(33-30-42)61(56-26-13-27-57-59(56)51-35-31-41-17-6-9-21-49(41)60(51)63-57)54-24-12-25-55-58(54)50-22-10-11-23-53(50)62(55)47-34-28-40-16-4-5-18-43(40)37-47/h1-38H. The lowest BCUT2D eigenvalue weighted by Crippen LogP contribution is -2.11. The van der Waals surface area contributed by atoms with E-state index in [2.05, 4.69) is 240 Å². The van der Waals surface area contributed by atoms with Crippen LogP contribution in [-0.2, 0) is 0 Å². The number of anilines is 3. The average Bonchev–Trinajstić information content (AvgIpc) is 3.91. The Morgan fingerprint density at radius 2 is 1.00 bits per heavy atom. The zero-order valence-corrected chi connectivity index (χ0v) is 34.2. The first-order chi connectivity index (χ1) is 31.2. The van der Waals surface area contributed by atoms with E-state index in [1.165, 1.54) is 49.0 Å². The number of hydrogen-bond acceptors (Lipinski definition) is 2. The highest BCUT2D eigenvalue weighted by Gasteiger charge is 2.25. The van der Waals surface area contributed by atoms with Crippen LogP contribution < -0.4 is 4.90 Å². The molecule has 0 aliphatic carbocycles. The molecule has 0 bridgehead atoms. The molecule has 0 saturated carbocycles. The van der Waals surface area contributed by atoms with Gasteiger partial charge in [0.05, 0.1) is 27.8 Å². The summed E-state index contributed by atoms with van der Waals surface area (Å²) < 4.78 is 9.24. The van der Waals surface area contributed by atoms with Gasteiger partial charge in [-0.15, -0.1) is 0 Å². The normalized spacial score (nSPS) is 11.8. The Balaban J connectivity index is 1.07. The maximum absolute atomic E-state index is 6.82. The van der Waals surface area contributed by atoms with Gasteiger partial charge in [-0.1, -0.05) is 158 Å². The fourth-order valence-electron chi connectivity index (χ4n) is 10.0. The number of rotatable bonds is 6. The van der Waals surface area contributed by atoms with Gasteiger partial charge in [-0.3, -0.25) is 0 Å². The Labute approximate surface area is 363 Å². The molecule has 2 heterocycles. The van der Waals surface area contributed by atoms with Gasteiger partial charge in [-0.05, 0) is 122 Å². The van der Waals surface area contributed by atoms with Crippen molar-refractivity contribution < 1.29 is 4.42 Å². The van der Waals surface area contributed by atoms with Crippen LogP contribution in [0.15, 0.2) is 235 Å². The summed E-state index contributed by atoms with van der Waals surface area (Å²) in [5.41, 5.74) is 13.2. The van der Waals surface area contributed by atoms with Crippen molar-refractivity contribution in [3.8, 4) is 27.9 Å². The third-order valence-corrected chi connectivity index (χ3v) is 12.9. The van der Waals surface area contributed by atoms with Gasteiger partial charge in [0.1, 0.15) is 11.2 Å². The highest BCUT2D eigenvalue weighted by molar-refractivity contribution is 6.22. The predicted molar refractivity (Wildman–Crippen MR) is 266 cm³/mol. The molecule has 0 spiro atoms. The molecule has 2 aromatic heterocycles. The zero-order chi connectivity index (χ0) is 41.4. The van der Waals surface area contributed by atoms with Crippen molar-refractivity contribution in [1.29, 1.82) is 0 Å².